The summed E-state index contributed by atoms with van der Waals surface area (Å²) in [7, 11) is 1.60. The normalized spacial score (nSPS) is 10.6. The van der Waals surface area contributed by atoms with Crippen LogP contribution in [0, 0.1) is 0 Å². The van der Waals surface area contributed by atoms with E-state index < -0.39 is 0 Å². The summed E-state index contributed by atoms with van der Waals surface area (Å²) in [6, 6.07) is 1.80. The van der Waals surface area contributed by atoms with Gasteiger partial charge in [-0.2, -0.15) is 0 Å². The van der Waals surface area contributed by atoms with Crippen molar-refractivity contribution in [3.63, 3.8) is 0 Å². The summed E-state index contributed by atoms with van der Waals surface area (Å²) in [6.07, 6.45) is 2.69. The van der Waals surface area contributed by atoms with Gasteiger partial charge in [0, 0.05) is 19.2 Å². The number of aromatic nitrogens is 2. The fourth-order valence-electron chi connectivity index (χ4n) is 1.63. The molecule has 0 unspecified atom stereocenters. The van der Waals surface area contributed by atoms with Crippen LogP contribution in [0.3, 0.4) is 0 Å². The summed E-state index contributed by atoms with van der Waals surface area (Å²) in [6.45, 7) is 8.52. The SMILES string of the molecule is CCCN(CC)CCNc1cc(OC)ncn1. The molecule has 0 radical (unpaired) electrons. The number of anilines is 1. The molecular formula is C12H22N4O. The summed E-state index contributed by atoms with van der Waals surface area (Å²) in [5, 5.41) is 3.27. The molecule has 0 aliphatic heterocycles. The van der Waals surface area contributed by atoms with Crippen molar-refractivity contribution in [3.05, 3.63) is 12.4 Å². The van der Waals surface area contributed by atoms with E-state index >= 15 is 0 Å². The number of nitrogens with one attached hydrogen (secondary N) is 1. The highest BCUT2D eigenvalue weighted by Gasteiger charge is 2.01. The van der Waals surface area contributed by atoms with Crippen molar-refractivity contribution in [1.82, 2.24) is 14.9 Å². The average molecular weight is 238 g/mol. The van der Waals surface area contributed by atoms with Crippen molar-refractivity contribution in [1.29, 1.82) is 0 Å². The van der Waals surface area contributed by atoms with Crippen molar-refractivity contribution in [3.8, 4) is 5.88 Å². The largest absolute Gasteiger partial charge is 0.481 e. The highest BCUT2D eigenvalue weighted by Crippen LogP contribution is 2.09. The number of likely N-dealkylation sites (N-methyl/N-ethyl adjacent to an activating group) is 1. The van der Waals surface area contributed by atoms with Crippen LogP contribution in [0.25, 0.3) is 0 Å². The summed E-state index contributed by atoms with van der Waals surface area (Å²) < 4.78 is 5.04. The van der Waals surface area contributed by atoms with Gasteiger partial charge in [-0.05, 0) is 19.5 Å². The van der Waals surface area contributed by atoms with Gasteiger partial charge in [0.1, 0.15) is 12.1 Å². The van der Waals surface area contributed by atoms with Crippen LogP contribution in [0.1, 0.15) is 20.3 Å². The Bertz CT molecular complexity index is 319. The maximum atomic E-state index is 5.04. The number of methoxy groups -OCH3 is 1. The predicted molar refractivity (Wildman–Crippen MR) is 69.5 cm³/mol. The molecule has 0 bridgehead atoms. The Hall–Kier alpha value is -1.36. The van der Waals surface area contributed by atoms with Crippen LogP contribution in [0.5, 0.6) is 5.88 Å². The third-order valence-electron chi connectivity index (χ3n) is 2.57. The number of ether oxygens (including phenoxy) is 1. The third-order valence-corrected chi connectivity index (χ3v) is 2.57. The summed E-state index contributed by atoms with van der Waals surface area (Å²) in [5.74, 6) is 1.40. The Kier molecular flexibility index (Phi) is 6.32. The van der Waals surface area contributed by atoms with Crippen molar-refractivity contribution >= 4 is 5.82 Å². The van der Waals surface area contributed by atoms with Gasteiger partial charge in [0.15, 0.2) is 0 Å². The monoisotopic (exact) mass is 238 g/mol. The van der Waals surface area contributed by atoms with Crippen LogP contribution < -0.4 is 10.1 Å². The molecule has 1 aromatic heterocycles. The van der Waals surface area contributed by atoms with Crippen LogP contribution in [0.2, 0.25) is 0 Å². The molecule has 0 aliphatic carbocycles. The number of hydrogen-bond acceptors (Lipinski definition) is 5. The van der Waals surface area contributed by atoms with Crippen LogP contribution in [-0.2, 0) is 0 Å². The molecule has 0 saturated heterocycles. The number of hydrogen-bond donors (Lipinski definition) is 1. The van der Waals surface area contributed by atoms with E-state index in [9.17, 15) is 0 Å². The van der Waals surface area contributed by atoms with E-state index in [0.29, 0.717) is 5.88 Å². The molecular weight excluding hydrogens is 216 g/mol. The first kappa shape index (κ1) is 13.7. The smallest absolute Gasteiger partial charge is 0.218 e. The molecule has 0 saturated carbocycles. The third kappa shape index (κ3) is 4.99. The highest BCUT2D eigenvalue weighted by molar-refractivity contribution is 5.36. The van der Waals surface area contributed by atoms with Crippen molar-refractivity contribution in [2.24, 2.45) is 0 Å². The Labute approximate surface area is 103 Å². The topological polar surface area (TPSA) is 50.3 Å². The fraction of sp³-hybridized carbons (Fsp3) is 0.667. The molecule has 5 heteroatoms. The predicted octanol–water partition coefficient (Wildman–Crippen LogP) is 1.63. The summed E-state index contributed by atoms with van der Waals surface area (Å²) >= 11 is 0. The average Bonchev–Trinajstić information content (AvgIpc) is 2.38. The van der Waals surface area contributed by atoms with Crippen LogP contribution in [-0.4, -0.2) is 48.2 Å². The zero-order chi connectivity index (χ0) is 12.5. The van der Waals surface area contributed by atoms with E-state index in [-0.39, 0.29) is 0 Å². The van der Waals surface area contributed by atoms with Gasteiger partial charge < -0.3 is 15.0 Å². The lowest BCUT2D eigenvalue weighted by Crippen LogP contribution is -2.29. The second kappa shape index (κ2) is 7.84. The first-order valence-electron chi connectivity index (χ1n) is 6.12. The molecule has 0 aromatic carbocycles. The molecule has 1 heterocycles. The quantitative estimate of drug-likeness (QED) is 0.746. The van der Waals surface area contributed by atoms with Crippen molar-refractivity contribution in [2.75, 3.05) is 38.6 Å². The van der Waals surface area contributed by atoms with E-state index in [4.69, 9.17) is 4.74 Å². The molecule has 5 nitrogen and oxygen atoms in total. The van der Waals surface area contributed by atoms with Gasteiger partial charge in [0.25, 0.3) is 0 Å². The van der Waals surface area contributed by atoms with Gasteiger partial charge in [-0.25, -0.2) is 9.97 Å². The van der Waals surface area contributed by atoms with Crippen LogP contribution >= 0.6 is 0 Å². The minimum Gasteiger partial charge on any atom is -0.481 e. The second-order valence-electron chi connectivity index (χ2n) is 3.81. The van der Waals surface area contributed by atoms with E-state index in [1.807, 2.05) is 0 Å². The molecule has 17 heavy (non-hydrogen) atoms. The van der Waals surface area contributed by atoms with E-state index in [0.717, 1.165) is 32.0 Å². The summed E-state index contributed by atoms with van der Waals surface area (Å²) in [4.78, 5) is 10.5. The molecule has 0 fully saturated rings. The molecule has 0 spiro atoms. The lowest BCUT2D eigenvalue weighted by Gasteiger charge is -2.19. The molecule has 0 atom stereocenters. The van der Waals surface area contributed by atoms with Gasteiger partial charge in [-0.3, -0.25) is 0 Å². The maximum absolute atomic E-state index is 5.04. The summed E-state index contributed by atoms with van der Waals surface area (Å²) in [5.41, 5.74) is 0. The van der Waals surface area contributed by atoms with Gasteiger partial charge >= 0.3 is 0 Å². The molecule has 1 rings (SSSR count). The van der Waals surface area contributed by atoms with Gasteiger partial charge in [0.05, 0.1) is 7.11 Å². The van der Waals surface area contributed by atoms with Crippen LogP contribution in [0.15, 0.2) is 12.4 Å². The zero-order valence-electron chi connectivity index (χ0n) is 10.9. The van der Waals surface area contributed by atoms with Gasteiger partial charge in [0.2, 0.25) is 5.88 Å². The van der Waals surface area contributed by atoms with Gasteiger partial charge in [-0.1, -0.05) is 13.8 Å². The zero-order valence-corrected chi connectivity index (χ0v) is 10.9. The van der Waals surface area contributed by atoms with Crippen LogP contribution in [0.4, 0.5) is 5.82 Å². The Morgan fingerprint density at radius 1 is 1.29 bits per heavy atom. The lowest BCUT2D eigenvalue weighted by atomic mass is 10.4. The minimum atomic E-state index is 0.586. The first-order valence-corrected chi connectivity index (χ1v) is 6.12. The Morgan fingerprint density at radius 2 is 2.12 bits per heavy atom. The fourth-order valence-corrected chi connectivity index (χ4v) is 1.63. The number of rotatable bonds is 8. The van der Waals surface area contributed by atoms with Crippen molar-refractivity contribution in [2.45, 2.75) is 20.3 Å². The molecule has 96 valence electrons. The molecule has 0 aliphatic rings. The lowest BCUT2D eigenvalue weighted by molar-refractivity contribution is 0.300. The standard InChI is InChI=1S/C12H22N4O/c1-4-7-16(5-2)8-6-13-11-9-12(17-3)15-10-14-11/h9-10H,4-8H2,1-3H3,(H,13,14,15). The first-order chi connectivity index (χ1) is 8.30. The maximum Gasteiger partial charge on any atom is 0.218 e. The second-order valence-corrected chi connectivity index (χ2v) is 3.81. The number of nitrogens with zero attached hydrogens (tertiary/aromatic N) is 3. The Morgan fingerprint density at radius 3 is 2.76 bits per heavy atom. The molecule has 1 N–H and O–H groups in total. The Balaban J connectivity index is 2.34. The minimum absolute atomic E-state index is 0.586. The van der Waals surface area contributed by atoms with E-state index in [1.165, 1.54) is 12.7 Å². The molecule has 1 aromatic rings. The molecule has 0 amide bonds. The highest BCUT2D eigenvalue weighted by atomic mass is 16.5. The van der Waals surface area contributed by atoms with Gasteiger partial charge in [-0.15, -0.1) is 0 Å². The van der Waals surface area contributed by atoms with Crippen molar-refractivity contribution < 1.29 is 4.74 Å². The van der Waals surface area contributed by atoms with E-state index in [2.05, 4.69) is 34.0 Å². The van der Waals surface area contributed by atoms with E-state index in [1.54, 1.807) is 13.2 Å².